The van der Waals surface area contributed by atoms with Crippen LogP contribution in [0.1, 0.15) is 29.5 Å². The smallest absolute Gasteiger partial charge is 0.110 e. The lowest BCUT2D eigenvalue weighted by molar-refractivity contribution is 0.576. The molecule has 0 amide bonds. The Morgan fingerprint density at radius 2 is 2.33 bits per heavy atom. The average Bonchev–Trinajstić information content (AvgIpc) is 2.63. The molecule has 0 unspecified atom stereocenters. The molecule has 0 saturated heterocycles. The molecule has 1 saturated carbocycles. The zero-order valence-corrected chi connectivity index (χ0v) is 7.95. The van der Waals surface area contributed by atoms with Crippen molar-refractivity contribution in [3.05, 3.63) is 21.9 Å². The third kappa shape index (κ3) is 1.51. The summed E-state index contributed by atoms with van der Waals surface area (Å²) < 4.78 is 0. The summed E-state index contributed by atoms with van der Waals surface area (Å²) in [5, 5.41) is 8.63. The Morgan fingerprint density at radius 3 is 2.83 bits per heavy atom. The lowest BCUT2D eigenvalue weighted by atomic mass is 10.1. The van der Waals surface area contributed by atoms with E-state index in [1.165, 1.54) is 24.1 Å². The normalized spacial score (nSPS) is 18.7. The zero-order chi connectivity index (χ0) is 8.60. The summed E-state index contributed by atoms with van der Waals surface area (Å²) in [6, 6.07) is 6.18. The molecular formula is C10H11NS. The fourth-order valence-corrected chi connectivity index (χ4v) is 2.36. The molecule has 0 N–H and O–H groups in total. The molecule has 1 fully saturated rings. The van der Waals surface area contributed by atoms with Gasteiger partial charge in [0.15, 0.2) is 0 Å². The molecule has 1 aliphatic carbocycles. The first kappa shape index (κ1) is 7.82. The second-order valence-electron chi connectivity index (χ2n) is 3.87. The molecule has 0 aliphatic heterocycles. The van der Waals surface area contributed by atoms with Crippen LogP contribution in [-0.4, -0.2) is 0 Å². The van der Waals surface area contributed by atoms with Gasteiger partial charge in [0.1, 0.15) is 10.9 Å². The van der Waals surface area contributed by atoms with Crippen LogP contribution < -0.4 is 0 Å². The highest BCUT2D eigenvalue weighted by atomic mass is 32.1. The fraction of sp³-hybridized carbons (Fsp3) is 0.500. The summed E-state index contributed by atoms with van der Waals surface area (Å²) in [6.45, 7) is 2.32. The lowest BCUT2D eigenvalue weighted by Crippen LogP contribution is -1.95. The lowest BCUT2D eigenvalue weighted by Gasteiger charge is -2.03. The molecule has 2 heteroatoms. The van der Waals surface area contributed by atoms with Crippen LogP contribution in [0, 0.1) is 16.7 Å². The van der Waals surface area contributed by atoms with Crippen molar-refractivity contribution in [3.63, 3.8) is 0 Å². The van der Waals surface area contributed by atoms with Crippen LogP contribution in [0.4, 0.5) is 0 Å². The molecule has 2 rings (SSSR count). The quantitative estimate of drug-likeness (QED) is 0.681. The molecule has 0 radical (unpaired) electrons. The molecule has 0 aromatic carbocycles. The van der Waals surface area contributed by atoms with Crippen LogP contribution in [0.15, 0.2) is 12.1 Å². The van der Waals surface area contributed by atoms with Gasteiger partial charge in [-0.05, 0) is 36.8 Å². The Labute approximate surface area is 76.6 Å². The minimum absolute atomic E-state index is 0.567. The van der Waals surface area contributed by atoms with Crippen LogP contribution in [0.5, 0.6) is 0 Å². The molecule has 0 bridgehead atoms. The maximum atomic E-state index is 8.63. The summed E-state index contributed by atoms with van der Waals surface area (Å²) in [7, 11) is 0. The van der Waals surface area contributed by atoms with Gasteiger partial charge in [-0.2, -0.15) is 5.26 Å². The molecule has 1 heterocycles. The van der Waals surface area contributed by atoms with E-state index in [4.69, 9.17) is 5.26 Å². The van der Waals surface area contributed by atoms with Crippen LogP contribution in [0.25, 0.3) is 0 Å². The number of thiophene rings is 1. The summed E-state index contributed by atoms with van der Waals surface area (Å²) in [5.41, 5.74) is 0.567. The first-order valence-corrected chi connectivity index (χ1v) is 5.02. The summed E-state index contributed by atoms with van der Waals surface area (Å²) in [5.74, 6) is 0. The van der Waals surface area contributed by atoms with Crippen molar-refractivity contribution in [2.75, 3.05) is 0 Å². The summed E-state index contributed by atoms with van der Waals surface area (Å²) in [4.78, 5) is 2.21. The summed E-state index contributed by atoms with van der Waals surface area (Å²) >= 11 is 1.64. The van der Waals surface area contributed by atoms with Gasteiger partial charge < -0.3 is 0 Å². The Morgan fingerprint density at radius 1 is 1.58 bits per heavy atom. The topological polar surface area (TPSA) is 23.8 Å². The van der Waals surface area contributed by atoms with Gasteiger partial charge in [-0.25, -0.2) is 0 Å². The third-order valence-electron chi connectivity index (χ3n) is 2.48. The van der Waals surface area contributed by atoms with Gasteiger partial charge in [-0.3, -0.25) is 0 Å². The summed E-state index contributed by atoms with van der Waals surface area (Å²) in [6.07, 6.45) is 3.87. The van der Waals surface area contributed by atoms with Gasteiger partial charge in [0.2, 0.25) is 0 Å². The van der Waals surface area contributed by atoms with E-state index in [0.29, 0.717) is 5.41 Å². The van der Waals surface area contributed by atoms with E-state index in [9.17, 15) is 0 Å². The molecule has 1 aromatic rings. The van der Waals surface area contributed by atoms with Crippen molar-refractivity contribution in [3.8, 4) is 6.07 Å². The van der Waals surface area contributed by atoms with Gasteiger partial charge in [0.25, 0.3) is 0 Å². The van der Waals surface area contributed by atoms with Gasteiger partial charge >= 0.3 is 0 Å². The van der Waals surface area contributed by atoms with E-state index in [1.807, 2.05) is 6.07 Å². The minimum atomic E-state index is 0.567. The minimum Gasteiger partial charge on any atom is -0.192 e. The van der Waals surface area contributed by atoms with Gasteiger partial charge in [0.05, 0.1) is 0 Å². The molecule has 12 heavy (non-hydrogen) atoms. The van der Waals surface area contributed by atoms with Crippen molar-refractivity contribution in [1.82, 2.24) is 0 Å². The molecule has 0 atom stereocenters. The van der Waals surface area contributed by atoms with E-state index in [2.05, 4.69) is 19.1 Å². The number of nitrogens with zero attached hydrogens (tertiary/aromatic N) is 1. The first-order chi connectivity index (χ1) is 5.72. The van der Waals surface area contributed by atoms with E-state index in [0.717, 1.165) is 4.88 Å². The van der Waals surface area contributed by atoms with E-state index in [-0.39, 0.29) is 0 Å². The van der Waals surface area contributed by atoms with Crippen LogP contribution in [0.3, 0.4) is 0 Å². The molecule has 1 aromatic heterocycles. The first-order valence-electron chi connectivity index (χ1n) is 4.21. The van der Waals surface area contributed by atoms with Crippen LogP contribution in [-0.2, 0) is 6.42 Å². The number of nitriles is 1. The van der Waals surface area contributed by atoms with E-state index in [1.54, 1.807) is 11.3 Å². The van der Waals surface area contributed by atoms with E-state index >= 15 is 0 Å². The molecule has 62 valence electrons. The van der Waals surface area contributed by atoms with Gasteiger partial charge in [-0.15, -0.1) is 11.3 Å². The average molecular weight is 177 g/mol. The third-order valence-corrected chi connectivity index (χ3v) is 3.47. The van der Waals surface area contributed by atoms with E-state index < -0.39 is 0 Å². The number of hydrogen-bond acceptors (Lipinski definition) is 2. The highest BCUT2D eigenvalue weighted by molar-refractivity contribution is 7.12. The fourth-order valence-electron chi connectivity index (χ4n) is 1.34. The highest BCUT2D eigenvalue weighted by Gasteiger charge is 2.37. The van der Waals surface area contributed by atoms with Crippen molar-refractivity contribution in [2.45, 2.75) is 26.2 Å². The molecule has 0 spiro atoms. The van der Waals surface area contributed by atoms with Gasteiger partial charge in [0, 0.05) is 4.88 Å². The largest absolute Gasteiger partial charge is 0.192 e. The highest BCUT2D eigenvalue weighted by Crippen LogP contribution is 2.48. The van der Waals surface area contributed by atoms with Crippen molar-refractivity contribution >= 4 is 11.3 Å². The predicted molar refractivity (Wildman–Crippen MR) is 50.1 cm³/mol. The molecule has 1 aliphatic rings. The maximum absolute atomic E-state index is 8.63. The van der Waals surface area contributed by atoms with Crippen molar-refractivity contribution < 1.29 is 0 Å². The second-order valence-corrected chi connectivity index (χ2v) is 5.03. The van der Waals surface area contributed by atoms with Gasteiger partial charge in [-0.1, -0.05) is 6.92 Å². The van der Waals surface area contributed by atoms with Crippen molar-refractivity contribution in [2.24, 2.45) is 5.41 Å². The van der Waals surface area contributed by atoms with Crippen molar-refractivity contribution in [1.29, 1.82) is 5.26 Å². The Bertz CT molecular complexity index is 328. The Kier molecular flexibility index (Phi) is 1.69. The molecule has 1 nitrogen and oxygen atoms in total. The van der Waals surface area contributed by atoms with Crippen LogP contribution >= 0.6 is 11.3 Å². The number of hydrogen-bond donors (Lipinski definition) is 0. The number of rotatable bonds is 2. The predicted octanol–water partition coefficient (Wildman–Crippen LogP) is 2.96. The Hall–Kier alpha value is -0.810. The zero-order valence-electron chi connectivity index (χ0n) is 7.13. The maximum Gasteiger partial charge on any atom is 0.110 e. The monoisotopic (exact) mass is 177 g/mol. The Balaban J connectivity index is 2.09. The SMILES string of the molecule is CC1(Cc2ccc(C#N)s2)CC1. The second kappa shape index (κ2) is 2.60. The standard InChI is InChI=1S/C10H11NS/c1-10(4-5-10)6-8-2-3-9(7-11)12-8/h2-3H,4-6H2,1H3. The van der Waals surface area contributed by atoms with Crippen LogP contribution in [0.2, 0.25) is 0 Å². The molecular weight excluding hydrogens is 166 g/mol.